The Bertz CT molecular complexity index is 506. The van der Waals surface area contributed by atoms with Crippen molar-refractivity contribution >= 4 is 11.7 Å². The Labute approximate surface area is 107 Å². The largest absolute Gasteiger partial charge is 0.358 e. The van der Waals surface area contributed by atoms with Crippen molar-refractivity contribution in [2.45, 2.75) is 26.2 Å². The van der Waals surface area contributed by atoms with Crippen molar-refractivity contribution in [3.63, 3.8) is 0 Å². The summed E-state index contributed by atoms with van der Waals surface area (Å²) in [5.41, 5.74) is 1.51. The fourth-order valence-corrected chi connectivity index (χ4v) is 1.98. The van der Waals surface area contributed by atoms with Gasteiger partial charge in [0.15, 0.2) is 11.5 Å². The molecule has 0 aliphatic carbocycles. The normalized spacial score (nSPS) is 16.9. The highest BCUT2D eigenvalue weighted by molar-refractivity contribution is 5.96. The maximum absolute atomic E-state index is 11.8. The number of quaternary nitrogens is 1. The van der Waals surface area contributed by atoms with Crippen molar-refractivity contribution in [3.8, 4) is 5.75 Å². The number of carbonyl (C=O) groups is 2. The van der Waals surface area contributed by atoms with Crippen molar-refractivity contribution in [3.05, 3.63) is 29.3 Å². The van der Waals surface area contributed by atoms with Crippen molar-refractivity contribution in [1.29, 1.82) is 0 Å². The minimum absolute atomic E-state index is 0.00938. The lowest BCUT2D eigenvalue weighted by Gasteiger charge is -2.29. The topological polar surface area (TPSA) is 43.4 Å². The van der Waals surface area contributed by atoms with Crippen molar-refractivity contribution < 1.29 is 19.1 Å². The van der Waals surface area contributed by atoms with Gasteiger partial charge in [-0.25, -0.2) is 4.79 Å². The zero-order valence-corrected chi connectivity index (χ0v) is 11.0. The van der Waals surface area contributed by atoms with E-state index in [1.165, 1.54) is 0 Å². The molecule has 0 fully saturated rings. The first-order chi connectivity index (χ1) is 8.44. The molecule has 0 bridgehead atoms. The summed E-state index contributed by atoms with van der Waals surface area (Å²) in [6.45, 7) is 1.98. The van der Waals surface area contributed by atoms with Crippen LogP contribution in [0.1, 0.15) is 35.7 Å². The molecule has 18 heavy (non-hydrogen) atoms. The van der Waals surface area contributed by atoms with Crippen LogP contribution in [0.2, 0.25) is 0 Å². The number of hydroxylamine groups is 3. The Hall–Kier alpha value is -1.68. The third-order valence-electron chi connectivity index (χ3n) is 3.14. The predicted octanol–water partition coefficient (Wildman–Crippen LogP) is 2.12. The van der Waals surface area contributed by atoms with E-state index in [-0.39, 0.29) is 16.3 Å². The molecule has 1 aromatic carbocycles. The molecule has 0 atom stereocenters. The average molecular weight is 248 g/mol. The molecule has 0 saturated heterocycles. The van der Waals surface area contributed by atoms with Gasteiger partial charge in [-0.05, 0) is 12.5 Å². The number of fused-ring (bicyclic) bond motifs is 1. The molecule has 0 unspecified atom stereocenters. The van der Waals surface area contributed by atoms with Crippen LogP contribution in [-0.2, 0) is 11.2 Å². The van der Waals surface area contributed by atoms with E-state index in [0.717, 1.165) is 12.0 Å². The lowest BCUT2D eigenvalue weighted by atomic mass is 10.0. The number of benzene rings is 1. The average Bonchev–Trinajstić information content (AvgIpc) is 2.30. The standard InChI is InChI=1S/C14H18NO3/c1-4-5-12(16)10-6-7-11-9-14(17)15(2,3)18-13(11)8-10/h6-8H,4-5,9H2,1-3H3/q+1. The van der Waals surface area contributed by atoms with Gasteiger partial charge in [-0.15, -0.1) is 0 Å². The van der Waals surface area contributed by atoms with E-state index in [0.29, 0.717) is 24.2 Å². The second kappa shape index (κ2) is 4.53. The van der Waals surface area contributed by atoms with Gasteiger partial charge in [-0.2, -0.15) is 0 Å². The minimum Gasteiger partial charge on any atom is -0.308 e. The maximum Gasteiger partial charge on any atom is 0.358 e. The number of hydrogen-bond donors (Lipinski definition) is 0. The highest BCUT2D eigenvalue weighted by Gasteiger charge is 2.36. The van der Waals surface area contributed by atoms with Crippen molar-refractivity contribution in [2.75, 3.05) is 14.1 Å². The second-order valence-corrected chi connectivity index (χ2v) is 5.01. The molecule has 0 saturated carbocycles. The van der Waals surface area contributed by atoms with Crippen LogP contribution >= 0.6 is 0 Å². The van der Waals surface area contributed by atoms with Crippen LogP contribution in [0, 0.1) is 0 Å². The van der Waals surface area contributed by atoms with E-state index < -0.39 is 0 Å². The van der Waals surface area contributed by atoms with Crippen LogP contribution < -0.4 is 4.84 Å². The molecule has 1 heterocycles. The van der Waals surface area contributed by atoms with Crippen LogP contribution in [0.3, 0.4) is 0 Å². The van der Waals surface area contributed by atoms with E-state index >= 15 is 0 Å². The number of likely N-dealkylation sites (N-methyl/N-ethyl adjacent to an activating group) is 1. The summed E-state index contributed by atoms with van der Waals surface area (Å²) in [6.07, 6.45) is 1.72. The smallest absolute Gasteiger partial charge is 0.308 e. The van der Waals surface area contributed by atoms with E-state index in [1.807, 2.05) is 13.0 Å². The molecule has 1 amide bonds. The Morgan fingerprint density at radius 1 is 1.39 bits per heavy atom. The van der Waals surface area contributed by atoms with Gasteiger partial charge in [0.1, 0.15) is 14.1 Å². The van der Waals surface area contributed by atoms with Gasteiger partial charge in [0.05, 0.1) is 6.42 Å². The van der Waals surface area contributed by atoms with Gasteiger partial charge < -0.3 is 4.84 Å². The molecule has 2 rings (SSSR count). The van der Waals surface area contributed by atoms with Gasteiger partial charge in [-0.3, -0.25) is 4.79 Å². The van der Waals surface area contributed by atoms with Crippen molar-refractivity contribution in [2.24, 2.45) is 0 Å². The summed E-state index contributed by atoms with van der Waals surface area (Å²) >= 11 is 0. The Kier molecular flexibility index (Phi) is 3.22. The summed E-state index contributed by atoms with van der Waals surface area (Å²) in [7, 11) is 3.40. The van der Waals surface area contributed by atoms with E-state index in [2.05, 4.69) is 0 Å². The van der Waals surface area contributed by atoms with Gasteiger partial charge in [0.2, 0.25) is 0 Å². The number of nitrogens with zero attached hydrogens (tertiary/aromatic N) is 1. The molecular weight excluding hydrogens is 230 g/mol. The monoisotopic (exact) mass is 248 g/mol. The number of Topliss-reactive ketones (excluding diaryl/α,β-unsaturated/α-hetero) is 1. The fourth-order valence-electron chi connectivity index (χ4n) is 1.98. The minimum atomic E-state index is -0.127. The first-order valence-corrected chi connectivity index (χ1v) is 6.17. The number of hydrogen-bond acceptors (Lipinski definition) is 3. The molecule has 1 aliphatic rings. The van der Waals surface area contributed by atoms with Gasteiger partial charge in [0, 0.05) is 17.5 Å². The molecule has 4 nitrogen and oxygen atoms in total. The van der Waals surface area contributed by atoms with Crippen LogP contribution in [-0.4, -0.2) is 30.4 Å². The van der Waals surface area contributed by atoms with Crippen LogP contribution in [0.25, 0.3) is 0 Å². The highest BCUT2D eigenvalue weighted by Crippen LogP contribution is 2.29. The maximum atomic E-state index is 11.8. The lowest BCUT2D eigenvalue weighted by Crippen LogP contribution is -2.51. The van der Waals surface area contributed by atoms with Crippen LogP contribution in [0.5, 0.6) is 5.75 Å². The SMILES string of the molecule is CCCC(=O)c1ccc2c(c1)O[N+](C)(C)C(=O)C2. The Morgan fingerprint density at radius 3 is 2.78 bits per heavy atom. The molecule has 96 valence electrons. The highest BCUT2D eigenvalue weighted by atomic mass is 16.7. The van der Waals surface area contributed by atoms with Crippen molar-refractivity contribution in [1.82, 2.24) is 0 Å². The van der Waals surface area contributed by atoms with E-state index in [1.54, 1.807) is 26.2 Å². The van der Waals surface area contributed by atoms with E-state index in [9.17, 15) is 9.59 Å². The molecule has 1 aromatic rings. The predicted molar refractivity (Wildman–Crippen MR) is 67.1 cm³/mol. The summed E-state index contributed by atoms with van der Waals surface area (Å²) in [5, 5.41) is 0. The van der Waals surface area contributed by atoms with Gasteiger partial charge >= 0.3 is 5.91 Å². The Balaban J connectivity index is 2.33. The molecule has 0 spiro atoms. The number of carbonyl (C=O) groups excluding carboxylic acids is 2. The molecule has 1 aliphatic heterocycles. The molecule has 0 N–H and O–H groups in total. The lowest BCUT2D eigenvalue weighted by molar-refractivity contribution is -0.984. The Morgan fingerprint density at radius 2 is 2.11 bits per heavy atom. The number of amides is 1. The summed E-state index contributed by atoms with van der Waals surface area (Å²) in [5.74, 6) is 0.766. The molecular formula is C14H18NO3+. The van der Waals surface area contributed by atoms with E-state index in [4.69, 9.17) is 4.84 Å². The third-order valence-corrected chi connectivity index (χ3v) is 3.14. The fraction of sp³-hybridized carbons (Fsp3) is 0.429. The summed E-state index contributed by atoms with van der Waals surface area (Å²) < 4.78 is -0.127. The second-order valence-electron chi connectivity index (χ2n) is 5.01. The third kappa shape index (κ3) is 2.29. The summed E-state index contributed by atoms with van der Waals surface area (Å²) in [4.78, 5) is 29.2. The van der Waals surface area contributed by atoms with Gasteiger partial charge in [-0.1, -0.05) is 23.7 Å². The molecule has 0 radical (unpaired) electrons. The zero-order valence-electron chi connectivity index (χ0n) is 11.0. The molecule has 4 heteroatoms. The number of rotatable bonds is 3. The zero-order chi connectivity index (χ0) is 13.3. The van der Waals surface area contributed by atoms with Crippen LogP contribution in [0.4, 0.5) is 0 Å². The molecule has 0 aromatic heterocycles. The summed E-state index contributed by atoms with van der Waals surface area (Å²) in [6, 6.07) is 5.34. The van der Waals surface area contributed by atoms with Gasteiger partial charge in [0.25, 0.3) is 0 Å². The first-order valence-electron chi connectivity index (χ1n) is 6.17. The van der Waals surface area contributed by atoms with Crippen LogP contribution in [0.15, 0.2) is 18.2 Å². The first kappa shape index (κ1) is 12.8. The quantitative estimate of drug-likeness (QED) is 0.608. The number of ketones is 1.